The van der Waals surface area contributed by atoms with E-state index >= 15 is 0 Å². The highest BCUT2D eigenvalue weighted by molar-refractivity contribution is 8.15. The Labute approximate surface area is 149 Å². The van der Waals surface area contributed by atoms with Gasteiger partial charge in [-0.25, -0.2) is 9.57 Å². The van der Waals surface area contributed by atoms with Crippen LogP contribution in [0.2, 0.25) is 0 Å². The summed E-state index contributed by atoms with van der Waals surface area (Å²) in [5.74, 6) is 0. The lowest BCUT2D eigenvalue weighted by Crippen LogP contribution is -3.00. The molecule has 2 aliphatic rings. The third-order valence-electron chi connectivity index (χ3n) is 3.94. The minimum Gasteiger partial charge on any atom is -1.00 e. The summed E-state index contributed by atoms with van der Waals surface area (Å²) < 4.78 is 2.87. The number of rotatable bonds is 1. The highest BCUT2D eigenvalue weighted by Gasteiger charge is 2.35. The first-order valence-electron chi connectivity index (χ1n) is 7.54. The number of benzene rings is 1. The van der Waals surface area contributed by atoms with Crippen LogP contribution in [0.1, 0.15) is 39.5 Å². The van der Waals surface area contributed by atoms with Gasteiger partial charge in [-0.1, -0.05) is 18.2 Å². The number of halogens is 1. The Bertz CT molecular complexity index is 541. The zero-order chi connectivity index (χ0) is 14.0. The lowest BCUT2D eigenvalue weighted by Gasteiger charge is -2.29. The predicted molar refractivity (Wildman–Crippen MR) is 88.7 cm³/mol. The molecule has 2 fully saturated rings. The van der Waals surface area contributed by atoms with Crippen LogP contribution in [0.5, 0.6) is 0 Å². The van der Waals surface area contributed by atoms with E-state index in [0.29, 0.717) is 0 Å². The summed E-state index contributed by atoms with van der Waals surface area (Å²) in [4.78, 5) is 4.87. The van der Waals surface area contributed by atoms with Gasteiger partial charge in [0, 0.05) is 24.0 Å². The molecule has 21 heavy (non-hydrogen) atoms. The normalized spacial score (nSPS) is 23.2. The summed E-state index contributed by atoms with van der Waals surface area (Å²) in [6.45, 7) is 7.17. The number of nitrogens with zero attached hydrogens (tertiary/aromatic N) is 2. The van der Waals surface area contributed by atoms with E-state index < -0.39 is 0 Å². The fourth-order valence-electron chi connectivity index (χ4n) is 3.09. The highest BCUT2D eigenvalue weighted by Crippen LogP contribution is 2.37. The van der Waals surface area contributed by atoms with E-state index in [2.05, 4.69) is 42.7 Å². The van der Waals surface area contributed by atoms with E-state index in [0.717, 1.165) is 12.1 Å². The smallest absolute Gasteiger partial charge is 0.160 e. The van der Waals surface area contributed by atoms with Crippen molar-refractivity contribution in [1.29, 1.82) is 0 Å². The van der Waals surface area contributed by atoms with Crippen molar-refractivity contribution >= 4 is 28.2 Å². The summed E-state index contributed by atoms with van der Waals surface area (Å²) in [5, 5.41) is 1.27. The second-order valence-corrected chi connectivity index (χ2v) is 8.10. The molecule has 2 heterocycles. The van der Waals surface area contributed by atoms with E-state index in [-0.39, 0.29) is 28.7 Å². The first-order valence-corrected chi connectivity index (χ1v) is 8.35. The lowest BCUT2D eigenvalue weighted by atomic mass is 10.0. The molecule has 2 saturated heterocycles. The molecule has 0 spiro atoms. The van der Waals surface area contributed by atoms with Gasteiger partial charge in [0.05, 0.1) is 17.2 Å². The zero-order valence-electron chi connectivity index (χ0n) is 12.8. The van der Waals surface area contributed by atoms with Gasteiger partial charge in [-0.15, -0.1) is 11.8 Å². The van der Waals surface area contributed by atoms with Crippen molar-refractivity contribution in [3.05, 3.63) is 30.3 Å². The Balaban J connectivity index is 0.00000161. The minimum atomic E-state index is 0. The standard InChI is InChI=1S/C17H23N2S.HI/c1-17(2)13-15(19-10-6-7-11-19)12-16(20-17)18-14-8-4-3-5-9-14;/h3-5,8-9H,6-7,10-13H2,1-2H3;1H/q+1;/p-1. The van der Waals surface area contributed by atoms with Crippen LogP contribution in [0.15, 0.2) is 35.3 Å². The quantitative estimate of drug-likeness (QED) is 0.499. The fraction of sp³-hybridized carbons (Fsp3) is 0.529. The van der Waals surface area contributed by atoms with Crippen LogP contribution >= 0.6 is 11.8 Å². The fourth-order valence-corrected chi connectivity index (χ4v) is 4.35. The van der Waals surface area contributed by atoms with Crippen molar-refractivity contribution in [2.75, 3.05) is 13.1 Å². The molecule has 4 heteroatoms. The van der Waals surface area contributed by atoms with E-state index in [4.69, 9.17) is 4.99 Å². The summed E-state index contributed by atoms with van der Waals surface area (Å²) >= 11 is 1.95. The molecular weight excluding hydrogens is 391 g/mol. The Morgan fingerprint density at radius 3 is 2.43 bits per heavy atom. The highest BCUT2D eigenvalue weighted by atomic mass is 127. The van der Waals surface area contributed by atoms with Gasteiger partial charge in [0.2, 0.25) is 0 Å². The first kappa shape index (κ1) is 17.0. The molecule has 0 aromatic heterocycles. The van der Waals surface area contributed by atoms with Gasteiger partial charge in [0.15, 0.2) is 5.71 Å². The van der Waals surface area contributed by atoms with E-state index in [1.54, 1.807) is 5.71 Å². The van der Waals surface area contributed by atoms with Gasteiger partial charge < -0.3 is 24.0 Å². The maximum Gasteiger partial charge on any atom is 0.160 e. The maximum atomic E-state index is 4.87. The van der Waals surface area contributed by atoms with Crippen LogP contribution < -0.4 is 24.0 Å². The molecule has 0 bridgehead atoms. The van der Waals surface area contributed by atoms with E-state index in [1.165, 1.54) is 37.4 Å². The van der Waals surface area contributed by atoms with Crippen molar-refractivity contribution in [1.82, 2.24) is 0 Å². The molecule has 0 unspecified atom stereocenters. The summed E-state index contributed by atoms with van der Waals surface area (Å²) in [5.41, 5.74) is 2.68. The third-order valence-corrected chi connectivity index (χ3v) is 5.11. The Hall–Kier alpha value is -0.360. The molecule has 0 amide bonds. The molecule has 114 valence electrons. The first-order chi connectivity index (χ1) is 9.62. The Morgan fingerprint density at radius 1 is 1.10 bits per heavy atom. The van der Waals surface area contributed by atoms with Crippen molar-refractivity contribution in [3.8, 4) is 0 Å². The van der Waals surface area contributed by atoms with Gasteiger partial charge in [0.1, 0.15) is 13.1 Å². The van der Waals surface area contributed by atoms with Crippen LogP contribution in [0.25, 0.3) is 0 Å². The van der Waals surface area contributed by atoms with Crippen LogP contribution in [0.4, 0.5) is 5.69 Å². The maximum absolute atomic E-state index is 4.87. The van der Waals surface area contributed by atoms with Crippen molar-refractivity contribution in [2.24, 2.45) is 4.99 Å². The zero-order valence-corrected chi connectivity index (χ0v) is 15.8. The van der Waals surface area contributed by atoms with Gasteiger partial charge >= 0.3 is 0 Å². The second kappa shape index (κ2) is 7.27. The van der Waals surface area contributed by atoms with Crippen molar-refractivity contribution < 1.29 is 28.6 Å². The second-order valence-electron chi connectivity index (χ2n) is 6.32. The number of aliphatic imine (C=N–C) groups is 1. The average molecular weight is 414 g/mol. The number of thioether (sulfide) groups is 1. The number of para-hydroxylation sites is 1. The molecule has 3 rings (SSSR count). The largest absolute Gasteiger partial charge is 1.00 e. The minimum absolute atomic E-state index is 0. The number of hydrogen-bond acceptors (Lipinski definition) is 2. The van der Waals surface area contributed by atoms with Gasteiger partial charge in [-0.2, -0.15) is 0 Å². The SMILES string of the molecule is CC1(C)CC(=[N+]2CCCC2)CC(=Nc2ccccc2)S1.[I-]. The molecule has 1 aromatic carbocycles. The molecule has 0 atom stereocenters. The van der Waals surface area contributed by atoms with E-state index in [9.17, 15) is 0 Å². The topological polar surface area (TPSA) is 15.4 Å². The summed E-state index contributed by atoms with van der Waals surface area (Å²) in [6.07, 6.45) is 4.94. The average Bonchev–Trinajstić information content (AvgIpc) is 2.92. The molecule has 1 aromatic rings. The molecule has 2 nitrogen and oxygen atoms in total. The third kappa shape index (κ3) is 4.55. The van der Waals surface area contributed by atoms with Gasteiger partial charge in [0.25, 0.3) is 0 Å². The van der Waals surface area contributed by atoms with Crippen molar-refractivity contribution in [2.45, 2.75) is 44.3 Å². The van der Waals surface area contributed by atoms with Crippen LogP contribution in [-0.4, -0.2) is 33.2 Å². The summed E-state index contributed by atoms with van der Waals surface area (Å²) in [7, 11) is 0. The van der Waals surface area contributed by atoms with Gasteiger partial charge in [-0.05, 0) is 26.0 Å². The van der Waals surface area contributed by atoms with Gasteiger partial charge in [-0.3, -0.25) is 0 Å². The molecule has 0 aliphatic carbocycles. The monoisotopic (exact) mass is 414 g/mol. The van der Waals surface area contributed by atoms with Crippen LogP contribution in [0, 0.1) is 0 Å². The predicted octanol–water partition coefficient (Wildman–Crippen LogP) is 1.27. The molecule has 0 radical (unpaired) electrons. The molecule has 2 aliphatic heterocycles. The molecule has 0 N–H and O–H groups in total. The summed E-state index contributed by atoms with van der Waals surface area (Å²) in [6, 6.07) is 10.3. The Morgan fingerprint density at radius 2 is 1.76 bits per heavy atom. The van der Waals surface area contributed by atoms with Crippen molar-refractivity contribution in [3.63, 3.8) is 0 Å². The molecule has 0 saturated carbocycles. The van der Waals surface area contributed by atoms with Crippen LogP contribution in [-0.2, 0) is 0 Å². The molecular formula is C17H23IN2S. The Kier molecular flexibility index (Phi) is 5.88. The van der Waals surface area contributed by atoms with E-state index in [1.807, 2.05) is 17.8 Å². The van der Waals surface area contributed by atoms with Crippen LogP contribution in [0.3, 0.4) is 0 Å². The lowest BCUT2D eigenvalue weighted by molar-refractivity contribution is -0.508. The number of hydrogen-bond donors (Lipinski definition) is 0.